The molecule has 0 aromatic carbocycles. The van der Waals surface area contributed by atoms with E-state index in [0.717, 1.165) is 6.42 Å². The van der Waals surface area contributed by atoms with Crippen LogP contribution in [0.3, 0.4) is 0 Å². The third-order valence-corrected chi connectivity index (χ3v) is 4.33. The Hall–Kier alpha value is 0.650. The van der Waals surface area contributed by atoms with Crippen LogP contribution >= 0.6 is 0 Å². The summed E-state index contributed by atoms with van der Waals surface area (Å²) in [7, 11) is 0. The molecule has 0 spiro atoms. The van der Waals surface area contributed by atoms with Crippen molar-refractivity contribution in [3.63, 3.8) is 0 Å². The van der Waals surface area contributed by atoms with Crippen LogP contribution in [0.4, 0.5) is 0 Å². The molecule has 0 amide bonds. The zero-order valence-electron chi connectivity index (χ0n) is 9.13. The van der Waals surface area contributed by atoms with Crippen molar-refractivity contribution in [2.75, 3.05) is 4.93 Å². The van der Waals surface area contributed by atoms with E-state index in [4.69, 9.17) is 9.47 Å². The fourth-order valence-corrected chi connectivity index (χ4v) is 3.71. The molecular weight excluding hydrogens is 279 g/mol. The summed E-state index contributed by atoms with van der Waals surface area (Å²) in [6.07, 6.45) is 1.47. The van der Waals surface area contributed by atoms with Gasteiger partial charge in [0.15, 0.2) is 0 Å². The zero-order chi connectivity index (χ0) is 10.1. The summed E-state index contributed by atoms with van der Waals surface area (Å²) in [5, 5.41) is 0. The van der Waals surface area contributed by atoms with Crippen LogP contribution in [0.1, 0.15) is 34.1 Å². The summed E-state index contributed by atoms with van der Waals surface area (Å²) in [5.41, 5.74) is 0. The van der Waals surface area contributed by atoms with Gasteiger partial charge in [0.05, 0.1) is 0 Å². The minimum atomic E-state index is -0.347. The summed E-state index contributed by atoms with van der Waals surface area (Å²) < 4.78 is 12.1. The molecule has 0 aliphatic carbocycles. The normalized spacial score (nSPS) is 33.1. The molecule has 13 heavy (non-hydrogen) atoms. The van der Waals surface area contributed by atoms with Gasteiger partial charge in [0.2, 0.25) is 0 Å². The van der Waals surface area contributed by atoms with Crippen molar-refractivity contribution in [3.8, 4) is 0 Å². The van der Waals surface area contributed by atoms with Gasteiger partial charge in [-0.05, 0) is 0 Å². The fourth-order valence-electron chi connectivity index (χ4n) is 1.60. The molecule has 80 valence electrons. The van der Waals surface area contributed by atoms with Gasteiger partial charge in [-0.15, -0.1) is 0 Å². The molecule has 1 saturated heterocycles. The van der Waals surface area contributed by atoms with Gasteiger partial charge >= 0.3 is 91.6 Å². The Balaban J connectivity index is 2.53. The SMILES string of the molecule is C[I-]C1OC(C)(C)OC1CC(C)C. The minimum absolute atomic E-state index is 0.125. The monoisotopic (exact) mass is 299 g/mol. The second-order valence-electron chi connectivity index (χ2n) is 4.37. The number of ether oxygens (including phenoxy) is 2. The maximum absolute atomic E-state index is 5.87. The third kappa shape index (κ3) is 3.36. The van der Waals surface area contributed by atoms with Crippen molar-refractivity contribution < 1.29 is 30.7 Å². The molecule has 1 heterocycles. The third-order valence-electron chi connectivity index (χ3n) is 2.04. The molecule has 2 unspecified atom stereocenters. The molecular formula is C10H20IO2-. The molecule has 1 aliphatic heterocycles. The number of halogens is 1. The number of hydrogen-bond acceptors (Lipinski definition) is 2. The Labute approximate surface area is 91.6 Å². The Morgan fingerprint density at radius 2 is 1.92 bits per heavy atom. The van der Waals surface area contributed by atoms with Gasteiger partial charge in [-0.3, -0.25) is 0 Å². The predicted octanol–water partition coefficient (Wildman–Crippen LogP) is -0.771. The van der Waals surface area contributed by atoms with Gasteiger partial charge in [-0.25, -0.2) is 0 Å². The van der Waals surface area contributed by atoms with E-state index in [0.29, 0.717) is 16.1 Å². The standard InChI is InChI=1S/C10H20IO2/c1-7(2)6-8-9(11-5)13-10(3,4)12-8/h7-9H,6H2,1-5H3/q-1. The first-order valence-electron chi connectivity index (χ1n) is 4.78. The first kappa shape index (κ1) is 11.7. The van der Waals surface area contributed by atoms with Crippen molar-refractivity contribution in [2.24, 2.45) is 5.92 Å². The second-order valence-corrected chi connectivity index (χ2v) is 6.85. The van der Waals surface area contributed by atoms with E-state index in [1.54, 1.807) is 0 Å². The number of rotatable bonds is 3. The summed E-state index contributed by atoms with van der Waals surface area (Å²) in [5.74, 6) is 0.348. The average molecular weight is 299 g/mol. The van der Waals surface area contributed by atoms with Crippen molar-refractivity contribution in [1.29, 1.82) is 0 Å². The summed E-state index contributed by atoms with van der Waals surface area (Å²) >= 11 is 0.125. The molecule has 0 radical (unpaired) electrons. The molecule has 0 bridgehead atoms. The molecule has 1 aliphatic rings. The Kier molecular flexibility index (Phi) is 4.01. The Morgan fingerprint density at radius 1 is 1.31 bits per heavy atom. The molecule has 2 atom stereocenters. The molecule has 0 N–H and O–H groups in total. The maximum atomic E-state index is 5.87. The summed E-state index contributed by atoms with van der Waals surface area (Å²) in [6.45, 7) is 8.50. The molecule has 2 nitrogen and oxygen atoms in total. The van der Waals surface area contributed by atoms with E-state index in [1.807, 2.05) is 13.8 Å². The predicted molar refractivity (Wildman–Crippen MR) is 49.2 cm³/mol. The first-order chi connectivity index (χ1) is 5.94. The first-order valence-corrected chi connectivity index (χ1v) is 8.18. The van der Waals surface area contributed by atoms with E-state index >= 15 is 0 Å². The number of alkyl halides is 2. The molecule has 1 fully saturated rings. The van der Waals surface area contributed by atoms with E-state index in [1.165, 1.54) is 0 Å². The van der Waals surface area contributed by atoms with Gasteiger partial charge in [0.1, 0.15) is 0 Å². The summed E-state index contributed by atoms with van der Waals surface area (Å²) in [6, 6.07) is 0. The quantitative estimate of drug-likeness (QED) is 0.503. The van der Waals surface area contributed by atoms with Crippen LogP contribution in [0.5, 0.6) is 0 Å². The van der Waals surface area contributed by atoms with Crippen molar-refractivity contribution in [3.05, 3.63) is 0 Å². The topological polar surface area (TPSA) is 18.5 Å². The zero-order valence-corrected chi connectivity index (χ0v) is 11.3. The van der Waals surface area contributed by atoms with E-state index in [2.05, 4.69) is 18.8 Å². The fraction of sp³-hybridized carbons (Fsp3) is 1.00. The molecule has 1 rings (SSSR count). The van der Waals surface area contributed by atoms with Gasteiger partial charge in [-0.2, -0.15) is 0 Å². The van der Waals surface area contributed by atoms with Crippen LogP contribution < -0.4 is 21.2 Å². The van der Waals surface area contributed by atoms with Crippen molar-refractivity contribution in [1.82, 2.24) is 0 Å². The van der Waals surface area contributed by atoms with Crippen LogP contribution in [0.15, 0.2) is 0 Å². The van der Waals surface area contributed by atoms with E-state index in [-0.39, 0.29) is 27.0 Å². The Bertz CT molecular complexity index is 168. The number of hydrogen-bond donors (Lipinski definition) is 0. The van der Waals surface area contributed by atoms with Gasteiger partial charge < -0.3 is 0 Å². The second kappa shape index (κ2) is 4.45. The van der Waals surface area contributed by atoms with Crippen molar-refractivity contribution in [2.45, 2.75) is 50.1 Å². The van der Waals surface area contributed by atoms with E-state index in [9.17, 15) is 0 Å². The van der Waals surface area contributed by atoms with E-state index < -0.39 is 0 Å². The van der Waals surface area contributed by atoms with Crippen LogP contribution in [0.2, 0.25) is 0 Å². The van der Waals surface area contributed by atoms with Crippen LogP contribution in [0.25, 0.3) is 0 Å². The molecule has 0 aromatic heterocycles. The van der Waals surface area contributed by atoms with Crippen LogP contribution in [-0.2, 0) is 9.47 Å². The Morgan fingerprint density at radius 3 is 2.38 bits per heavy atom. The molecule has 3 heteroatoms. The van der Waals surface area contributed by atoms with Crippen LogP contribution in [0, 0.1) is 5.92 Å². The van der Waals surface area contributed by atoms with Crippen molar-refractivity contribution >= 4 is 0 Å². The molecule has 0 aromatic rings. The van der Waals surface area contributed by atoms with Crippen LogP contribution in [-0.4, -0.2) is 20.9 Å². The van der Waals surface area contributed by atoms with Gasteiger partial charge in [-0.1, -0.05) is 0 Å². The average Bonchev–Trinajstić information content (AvgIpc) is 2.24. The summed E-state index contributed by atoms with van der Waals surface area (Å²) in [4.78, 5) is 2.27. The molecule has 0 saturated carbocycles. The van der Waals surface area contributed by atoms with Gasteiger partial charge in [0, 0.05) is 0 Å². The van der Waals surface area contributed by atoms with Gasteiger partial charge in [0.25, 0.3) is 0 Å².